The van der Waals surface area contributed by atoms with Crippen molar-refractivity contribution >= 4 is 41.4 Å². The zero-order valence-electron chi connectivity index (χ0n) is 38.9. The Kier molecular flexibility index (Phi) is 16.9. The second-order valence-electron chi connectivity index (χ2n) is 17.4. The molecule has 0 bridgehead atoms. The molecule has 3 nitrogen and oxygen atoms in total. The molecule has 6 aromatic rings. The van der Waals surface area contributed by atoms with Crippen LogP contribution in [0, 0.1) is 11.8 Å². The van der Waals surface area contributed by atoms with Crippen molar-refractivity contribution in [1.29, 1.82) is 0 Å². The molecule has 0 aromatic heterocycles. The predicted molar refractivity (Wildman–Crippen MR) is 274 cm³/mol. The van der Waals surface area contributed by atoms with E-state index in [1.165, 1.54) is 47.1 Å². The number of nitrogens with zero attached hydrogens (tertiary/aromatic N) is 1. The average Bonchev–Trinajstić information content (AvgIpc) is 3.32. The van der Waals surface area contributed by atoms with Crippen molar-refractivity contribution < 1.29 is 9.47 Å². The van der Waals surface area contributed by atoms with Gasteiger partial charge in [-0.1, -0.05) is 189 Å². The second-order valence-corrected chi connectivity index (χ2v) is 17.4. The highest BCUT2D eigenvalue weighted by Gasteiger charge is 2.26. The fraction of sp³-hybridized carbons (Fsp3) is 0.300. The van der Waals surface area contributed by atoms with Gasteiger partial charge in [-0.05, 0) is 119 Å². The maximum Gasteiger partial charge on any atom is 0.127 e. The van der Waals surface area contributed by atoms with Crippen molar-refractivity contribution in [1.82, 2.24) is 0 Å². The monoisotopic (exact) mass is 836 g/mol. The first-order valence-corrected chi connectivity index (χ1v) is 23.3. The Labute approximate surface area is 379 Å². The average molecular weight is 836 g/mol. The second kappa shape index (κ2) is 22.9. The summed E-state index contributed by atoms with van der Waals surface area (Å²) in [5, 5.41) is 0. The normalized spacial score (nSPS) is 12.3. The van der Waals surface area contributed by atoms with Crippen molar-refractivity contribution in [3.8, 4) is 22.6 Å². The topological polar surface area (TPSA) is 21.7 Å². The number of methoxy groups -OCH3 is 1. The fourth-order valence-corrected chi connectivity index (χ4v) is 8.43. The SMILES string of the molecule is C=Cc1cc(OC)c(C=Cc2ccc(N(c3ccc(-c4ccc(CC)cc4)cc3)c3ccc(C(C=Cc4ccccc4)(CC)CC)cc3)cc2)cc1OCCC(C)CCCC(C)C. The van der Waals surface area contributed by atoms with Gasteiger partial charge < -0.3 is 14.4 Å². The fourth-order valence-electron chi connectivity index (χ4n) is 8.43. The molecular weight excluding hydrogens is 767 g/mol. The first kappa shape index (κ1) is 46.4. The third-order valence-electron chi connectivity index (χ3n) is 12.7. The number of hydrogen-bond donors (Lipinski definition) is 0. The lowest BCUT2D eigenvalue weighted by molar-refractivity contribution is 0.275. The van der Waals surface area contributed by atoms with Crippen LogP contribution >= 0.6 is 0 Å². The summed E-state index contributed by atoms with van der Waals surface area (Å²) in [6.45, 7) is 18.5. The summed E-state index contributed by atoms with van der Waals surface area (Å²) in [6.07, 6.45) is 18.7. The van der Waals surface area contributed by atoms with E-state index < -0.39 is 0 Å². The molecule has 0 radical (unpaired) electrons. The zero-order valence-corrected chi connectivity index (χ0v) is 38.9. The molecule has 1 unspecified atom stereocenters. The van der Waals surface area contributed by atoms with E-state index >= 15 is 0 Å². The van der Waals surface area contributed by atoms with E-state index in [0.717, 1.165) is 76.9 Å². The predicted octanol–water partition coefficient (Wildman–Crippen LogP) is 17.2. The lowest BCUT2D eigenvalue weighted by atomic mass is 9.75. The molecule has 3 heteroatoms. The van der Waals surface area contributed by atoms with E-state index in [1.807, 2.05) is 12.1 Å². The Bertz CT molecular complexity index is 2370. The molecule has 0 fully saturated rings. The summed E-state index contributed by atoms with van der Waals surface area (Å²) >= 11 is 0. The number of aryl methyl sites for hydroxylation is 1. The van der Waals surface area contributed by atoms with Gasteiger partial charge in [-0.15, -0.1) is 0 Å². The highest BCUT2D eigenvalue weighted by Crippen LogP contribution is 2.40. The Morgan fingerprint density at radius 1 is 0.603 bits per heavy atom. The molecule has 0 spiro atoms. The van der Waals surface area contributed by atoms with Crippen molar-refractivity contribution in [2.75, 3.05) is 18.6 Å². The molecule has 0 N–H and O–H groups in total. The molecule has 63 heavy (non-hydrogen) atoms. The Balaban J connectivity index is 1.27. The van der Waals surface area contributed by atoms with Crippen LogP contribution in [0.2, 0.25) is 0 Å². The quantitative estimate of drug-likeness (QED) is 0.0636. The molecule has 0 saturated heterocycles. The van der Waals surface area contributed by atoms with Gasteiger partial charge in [0.25, 0.3) is 0 Å². The van der Waals surface area contributed by atoms with Crippen LogP contribution in [0.25, 0.3) is 35.4 Å². The van der Waals surface area contributed by atoms with Gasteiger partial charge in [0.2, 0.25) is 0 Å². The van der Waals surface area contributed by atoms with Gasteiger partial charge in [0.05, 0.1) is 13.7 Å². The van der Waals surface area contributed by atoms with E-state index in [1.54, 1.807) is 7.11 Å². The molecule has 0 heterocycles. The summed E-state index contributed by atoms with van der Waals surface area (Å²) < 4.78 is 12.2. The zero-order chi connectivity index (χ0) is 44.6. The number of hydrogen-bond acceptors (Lipinski definition) is 3. The molecule has 0 aliphatic carbocycles. The van der Waals surface area contributed by atoms with Gasteiger partial charge in [-0.2, -0.15) is 0 Å². The van der Waals surface area contributed by atoms with Gasteiger partial charge in [0.1, 0.15) is 11.5 Å². The molecule has 1 atom stereocenters. The number of anilines is 3. The molecule has 0 saturated carbocycles. The van der Waals surface area contributed by atoms with Crippen molar-refractivity contribution in [3.05, 3.63) is 186 Å². The lowest BCUT2D eigenvalue weighted by Crippen LogP contribution is -2.21. The summed E-state index contributed by atoms with van der Waals surface area (Å²) in [7, 11) is 1.72. The molecular formula is C60H69NO2. The summed E-state index contributed by atoms with van der Waals surface area (Å²) in [5.74, 6) is 3.01. The Hall–Kier alpha value is -6.06. The highest BCUT2D eigenvalue weighted by molar-refractivity contribution is 5.81. The number of allylic oxidation sites excluding steroid dienone is 1. The van der Waals surface area contributed by atoms with E-state index in [0.29, 0.717) is 12.5 Å². The van der Waals surface area contributed by atoms with Crippen molar-refractivity contribution in [3.63, 3.8) is 0 Å². The minimum atomic E-state index is -0.0603. The van der Waals surface area contributed by atoms with Crippen molar-refractivity contribution in [2.24, 2.45) is 11.8 Å². The maximum atomic E-state index is 6.39. The van der Waals surface area contributed by atoms with Crippen LogP contribution in [0.5, 0.6) is 11.5 Å². The van der Waals surface area contributed by atoms with Crippen LogP contribution in [0.1, 0.15) is 113 Å². The van der Waals surface area contributed by atoms with Gasteiger partial charge in [-0.25, -0.2) is 0 Å². The minimum Gasteiger partial charge on any atom is -0.496 e. The first-order chi connectivity index (χ1) is 30.7. The first-order valence-electron chi connectivity index (χ1n) is 23.3. The van der Waals surface area contributed by atoms with Crippen LogP contribution in [0.3, 0.4) is 0 Å². The third kappa shape index (κ3) is 12.3. The molecule has 0 amide bonds. The summed E-state index contributed by atoms with van der Waals surface area (Å²) in [4.78, 5) is 2.35. The minimum absolute atomic E-state index is 0.0603. The molecule has 6 aromatic carbocycles. The van der Waals surface area contributed by atoms with E-state index in [9.17, 15) is 0 Å². The summed E-state index contributed by atoms with van der Waals surface area (Å²) in [5.41, 5.74) is 12.6. The van der Waals surface area contributed by atoms with E-state index in [-0.39, 0.29) is 5.41 Å². The largest absolute Gasteiger partial charge is 0.496 e. The summed E-state index contributed by atoms with van der Waals surface area (Å²) in [6, 6.07) is 50.6. The van der Waals surface area contributed by atoms with Crippen molar-refractivity contribution in [2.45, 2.75) is 91.9 Å². The number of ether oxygens (including phenoxy) is 2. The number of benzene rings is 6. The molecule has 0 aliphatic rings. The van der Waals surface area contributed by atoms with E-state index in [2.05, 4.69) is 211 Å². The number of rotatable bonds is 22. The van der Waals surface area contributed by atoms with Crippen LogP contribution in [-0.2, 0) is 11.8 Å². The molecule has 6 rings (SSSR count). The third-order valence-corrected chi connectivity index (χ3v) is 12.7. The van der Waals surface area contributed by atoms with Gasteiger partial charge in [0, 0.05) is 33.6 Å². The lowest BCUT2D eigenvalue weighted by Gasteiger charge is -2.31. The Morgan fingerprint density at radius 2 is 1.17 bits per heavy atom. The smallest absolute Gasteiger partial charge is 0.127 e. The standard InChI is InChI=1S/C60H69NO2/c1-9-47-21-26-51(27-22-47)52-29-35-56(36-30-52)61(57-37-31-54(32-38-57)60(11-3,12-4)41-39-48-19-14-13-15-20-48)55-33-24-49(25-34-55)23-28-53-44-59(50(10-2)43-58(53)62-8)63-42-40-46(7)18-16-17-45(5)6/h10,13-15,19-39,41,43-46H,2,9,11-12,16-18,40,42H2,1,3-8H3. The molecule has 326 valence electrons. The van der Waals surface area contributed by atoms with Gasteiger partial charge in [0.15, 0.2) is 0 Å². The van der Waals surface area contributed by atoms with Crippen LogP contribution in [0.15, 0.2) is 152 Å². The van der Waals surface area contributed by atoms with Gasteiger partial charge in [-0.3, -0.25) is 0 Å². The highest BCUT2D eigenvalue weighted by atomic mass is 16.5. The maximum absolute atomic E-state index is 6.39. The Morgan fingerprint density at radius 3 is 1.75 bits per heavy atom. The van der Waals surface area contributed by atoms with Crippen LogP contribution in [-0.4, -0.2) is 13.7 Å². The van der Waals surface area contributed by atoms with Gasteiger partial charge >= 0.3 is 0 Å². The molecule has 0 aliphatic heterocycles. The van der Waals surface area contributed by atoms with Crippen LogP contribution < -0.4 is 14.4 Å². The van der Waals surface area contributed by atoms with Crippen LogP contribution in [0.4, 0.5) is 17.1 Å². The van der Waals surface area contributed by atoms with E-state index in [4.69, 9.17) is 9.47 Å².